The Balaban J connectivity index is 1.77. The number of hydrogen-bond acceptors (Lipinski definition) is 2. The topological polar surface area (TPSA) is 55.1 Å². The Kier molecular flexibility index (Phi) is 5.53. The van der Waals surface area contributed by atoms with E-state index in [-0.39, 0.29) is 5.91 Å². The largest absolute Gasteiger partial charge is 0.389 e. The van der Waals surface area contributed by atoms with E-state index in [2.05, 4.69) is 5.32 Å². The first kappa shape index (κ1) is 15.0. The second kappa shape index (κ2) is 7.39. The molecule has 0 saturated heterocycles. The van der Waals surface area contributed by atoms with Crippen LogP contribution in [0.3, 0.4) is 0 Å². The van der Waals surface area contributed by atoms with Crippen molar-refractivity contribution in [3.05, 3.63) is 35.4 Å². The van der Waals surface area contributed by atoms with E-state index in [0.29, 0.717) is 17.3 Å². The van der Waals surface area contributed by atoms with Gasteiger partial charge in [0.25, 0.3) is 0 Å². The SMILES string of the molecule is NC(=S)c1ccc(CC(=O)NCC2CCCCC2)cc1. The molecule has 20 heavy (non-hydrogen) atoms. The number of nitrogens with one attached hydrogen (secondary N) is 1. The van der Waals surface area contributed by atoms with Gasteiger partial charge in [0.1, 0.15) is 4.99 Å². The average Bonchev–Trinajstić information content (AvgIpc) is 2.47. The molecule has 1 saturated carbocycles. The van der Waals surface area contributed by atoms with Gasteiger partial charge in [-0.25, -0.2) is 0 Å². The van der Waals surface area contributed by atoms with Crippen molar-refractivity contribution < 1.29 is 4.79 Å². The monoisotopic (exact) mass is 290 g/mol. The van der Waals surface area contributed by atoms with E-state index in [1.165, 1.54) is 32.1 Å². The van der Waals surface area contributed by atoms with Crippen molar-refractivity contribution in [3.8, 4) is 0 Å². The van der Waals surface area contributed by atoms with Crippen LogP contribution in [-0.2, 0) is 11.2 Å². The fourth-order valence-corrected chi connectivity index (χ4v) is 2.82. The third kappa shape index (κ3) is 4.60. The predicted octanol–water partition coefficient (Wildman–Crippen LogP) is 2.56. The van der Waals surface area contributed by atoms with Crippen molar-refractivity contribution in [3.63, 3.8) is 0 Å². The quantitative estimate of drug-likeness (QED) is 0.820. The summed E-state index contributed by atoms with van der Waals surface area (Å²) in [7, 11) is 0. The molecular weight excluding hydrogens is 268 g/mol. The Morgan fingerprint density at radius 1 is 1.20 bits per heavy atom. The molecule has 1 amide bonds. The molecule has 108 valence electrons. The highest BCUT2D eigenvalue weighted by Gasteiger charge is 2.14. The van der Waals surface area contributed by atoms with Crippen LogP contribution >= 0.6 is 12.2 Å². The minimum Gasteiger partial charge on any atom is -0.389 e. The van der Waals surface area contributed by atoms with Crippen LogP contribution in [-0.4, -0.2) is 17.4 Å². The predicted molar refractivity (Wildman–Crippen MR) is 85.6 cm³/mol. The summed E-state index contributed by atoms with van der Waals surface area (Å²) in [4.78, 5) is 12.3. The maximum atomic E-state index is 11.9. The number of benzene rings is 1. The molecule has 1 aromatic carbocycles. The second-order valence-corrected chi connectivity index (χ2v) is 5.99. The van der Waals surface area contributed by atoms with Crippen molar-refractivity contribution in [1.29, 1.82) is 0 Å². The van der Waals surface area contributed by atoms with Gasteiger partial charge in [-0.1, -0.05) is 55.7 Å². The minimum absolute atomic E-state index is 0.0960. The van der Waals surface area contributed by atoms with Gasteiger partial charge >= 0.3 is 0 Å². The molecule has 0 spiro atoms. The zero-order valence-corrected chi connectivity index (χ0v) is 12.5. The molecule has 0 bridgehead atoms. The van der Waals surface area contributed by atoms with Crippen molar-refractivity contribution in [1.82, 2.24) is 5.32 Å². The molecule has 2 rings (SSSR count). The van der Waals surface area contributed by atoms with E-state index in [1.807, 2.05) is 24.3 Å². The third-order valence-corrected chi connectivity index (χ3v) is 4.15. The van der Waals surface area contributed by atoms with E-state index in [4.69, 9.17) is 18.0 Å². The molecule has 1 aliphatic rings. The fourth-order valence-electron chi connectivity index (χ4n) is 2.68. The zero-order chi connectivity index (χ0) is 14.4. The smallest absolute Gasteiger partial charge is 0.224 e. The molecule has 0 aliphatic heterocycles. The van der Waals surface area contributed by atoms with E-state index < -0.39 is 0 Å². The van der Waals surface area contributed by atoms with Gasteiger partial charge in [-0.3, -0.25) is 4.79 Å². The number of thiocarbonyl (C=S) groups is 1. The highest BCUT2D eigenvalue weighted by atomic mass is 32.1. The Morgan fingerprint density at radius 3 is 2.45 bits per heavy atom. The first-order chi connectivity index (χ1) is 9.65. The van der Waals surface area contributed by atoms with Gasteiger partial charge in [-0.2, -0.15) is 0 Å². The second-order valence-electron chi connectivity index (χ2n) is 5.55. The van der Waals surface area contributed by atoms with Crippen LogP contribution in [0.5, 0.6) is 0 Å². The summed E-state index contributed by atoms with van der Waals surface area (Å²) in [6.45, 7) is 0.823. The van der Waals surface area contributed by atoms with Crippen LogP contribution < -0.4 is 11.1 Å². The number of nitrogens with two attached hydrogens (primary N) is 1. The Bertz CT molecular complexity index is 464. The van der Waals surface area contributed by atoms with Crippen LogP contribution in [0.4, 0.5) is 0 Å². The molecule has 0 unspecified atom stereocenters. The number of amides is 1. The summed E-state index contributed by atoms with van der Waals surface area (Å²) in [5.41, 5.74) is 7.38. The van der Waals surface area contributed by atoms with Crippen LogP contribution in [0.2, 0.25) is 0 Å². The van der Waals surface area contributed by atoms with Crippen molar-refractivity contribution in [2.45, 2.75) is 38.5 Å². The molecule has 1 aliphatic carbocycles. The van der Waals surface area contributed by atoms with Crippen LogP contribution in [0.25, 0.3) is 0 Å². The molecule has 0 radical (unpaired) electrons. The first-order valence-corrected chi connectivity index (χ1v) is 7.71. The maximum Gasteiger partial charge on any atom is 0.224 e. The van der Waals surface area contributed by atoms with Crippen LogP contribution in [0.15, 0.2) is 24.3 Å². The average molecular weight is 290 g/mol. The van der Waals surface area contributed by atoms with Crippen LogP contribution in [0, 0.1) is 5.92 Å². The van der Waals surface area contributed by atoms with E-state index >= 15 is 0 Å². The molecule has 3 N–H and O–H groups in total. The standard InChI is InChI=1S/C16H22N2OS/c17-16(20)14-8-6-12(7-9-14)10-15(19)18-11-13-4-2-1-3-5-13/h6-9,13H,1-5,10-11H2,(H2,17,20)(H,18,19). The number of rotatable bonds is 5. The lowest BCUT2D eigenvalue weighted by Crippen LogP contribution is -2.31. The van der Waals surface area contributed by atoms with Crippen molar-refractivity contribution in [2.75, 3.05) is 6.54 Å². The summed E-state index contributed by atoms with van der Waals surface area (Å²) in [5.74, 6) is 0.767. The van der Waals surface area contributed by atoms with Gasteiger partial charge in [-0.05, 0) is 24.3 Å². The minimum atomic E-state index is 0.0960. The summed E-state index contributed by atoms with van der Waals surface area (Å²) >= 11 is 4.91. The molecule has 3 nitrogen and oxygen atoms in total. The van der Waals surface area contributed by atoms with Gasteiger partial charge in [0.2, 0.25) is 5.91 Å². The summed E-state index contributed by atoms with van der Waals surface area (Å²) in [6, 6.07) is 7.56. The van der Waals surface area contributed by atoms with Gasteiger partial charge in [0, 0.05) is 12.1 Å². The molecule has 1 aromatic rings. The van der Waals surface area contributed by atoms with Crippen molar-refractivity contribution in [2.24, 2.45) is 11.7 Å². The van der Waals surface area contributed by atoms with E-state index in [9.17, 15) is 4.79 Å². The lowest BCUT2D eigenvalue weighted by Gasteiger charge is -2.21. The zero-order valence-electron chi connectivity index (χ0n) is 11.7. The Morgan fingerprint density at radius 2 is 1.85 bits per heavy atom. The maximum absolute atomic E-state index is 11.9. The third-order valence-electron chi connectivity index (χ3n) is 3.92. The Labute approximate surface area is 125 Å². The summed E-state index contributed by atoms with van der Waals surface area (Å²) in [5, 5.41) is 3.05. The number of carbonyl (C=O) groups excluding carboxylic acids is 1. The van der Waals surface area contributed by atoms with E-state index in [1.54, 1.807) is 0 Å². The fraction of sp³-hybridized carbons (Fsp3) is 0.500. The highest BCUT2D eigenvalue weighted by Crippen LogP contribution is 2.22. The molecule has 1 fully saturated rings. The first-order valence-electron chi connectivity index (χ1n) is 7.30. The molecule has 0 atom stereocenters. The normalized spacial score (nSPS) is 15.8. The molecule has 4 heteroatoms. The lowest BCUT2D eigenvalue weighted by atomic mass is 9.89. The number of hydrogen-bond donors (Lipinski definition) is 2. The molecule has 0 aromatic heterocycles. The molecule has 0 heterocycles. The van der Waals surface area contributed by atoms with Crippen LogP contribution in [0.1, 0.15) is 43.2 Å². The van der Waals surface area contributed by atoms with Gasteiger partial charge in [-0.15, -0.1) is 0 Å². The summed E-state index contributed by atoms with van der Waals surface area (Å²) < 4.78 is 0. The van der Waals surface area contributed by atoms with Gasteiger partial charge in [0.05, 0.1) is 6.42 Å². The van der Waals surface area contributed by atoms with E-state index in [0.717, 1.165) is 17.7 Å². The molecular formula is C16H22N2OS. The lowest BCUT2D eigenvalue weighted by molar-refractivity contribution is -0.120. The van der Waals surface area contributed by atoms with Gasteiger partial charge in [0.15, 0.2) is 0 Å². The number of carbonyl (C=O) groups is 1. The highest BCUT2D eigenvalue weighted by molar-refractivity contribution is 7.80. The van der Waals surface area contributed by atoms with Crippen molar-refractivity contribution >= 4 is 23.1 Å². The Hall–Kier alpha value is -1.42. The van der Waals surface area contributed by atoms with Gasteiger partial charge < -0.3 is 11.1 Å². The summed E-state index contributed by atoms with van der Waals surface area (Å²) in [6.07, 6.45) is 6.89.